The maximum atomic E-state index is 12.3. The van der Waals surface area contributed by atoms with Crippen molar-refractivity contribution in [3.63, 3.8) is 0 Å². The summed E-state index contributed by atoms with van der Waals surface area (Å²) in [5.41, 5.74) is 1.04. The van der Waals surface area contributed by atoms with Crippen molar-refractivity contribution in [2.24, 2.45) is 0 Å². The maximum Gasteiger partial charge on any atom is 0.266 e. The summed E-state index contributed by atoms with van der Waals surface area (Å²) in [6, 6.07) is 12.0. The lowest BCUT2D eigenvalue weighted by Crippen LogP contribution is -2.13. The van der Waals surface area contributed by atoms with Gasteiger partial charge < -0.3 is 15.2 Å². The van der Waals surface area contributed by atoms with Crippen molar-refractivity contribution in [2.45, 2.75) is 6.92 Å². The van der Waals surface area contributed by atoms with Gasteiger partial charge >= 0.3 is 0 Å². The van der Waals surface area contributed by atoms with Gasteiger partial charge in [0.1, 0.15) is 11.6 Å². The summed E-state index contributed by atoms with van der Waals surface area (Å²) in [6.07, 6.45) is 1.43. The number of phenols is 1. The average molecular weight is 466 g/mol. The number of phenolic OH excluding ortho intramolecular Hbond substituents is 1. The van der Waals surface area contributed by atoms with Gasteiger partial charge in [0.05, 0.1) is 6.61 Å². The second kappa shape index (κ2) is 8.70. The van der Waals surface area contributed by atoms with Crippen LogP contribution in [0, 0.1) is 11.3 Å². The number of rotatable bonds is 5. The average Bonchev–Trinajstić information content (AvgIpc) is 2.56. The number of nitriles is 1. The van der Waals surface area contributed by atoms with Gasteiger partial charge in [-0.3, -0.25) is 4.79 Å². The molecule has 0 radical (unpaired) electrons. The number of carbonyl (C=O) groups excluding carboxylic acids is 1. The summed E-state index contributed by atoms with van der Waals surface area (Å²) in [4.78, 5) is 12.3. The molecule has 2 aromatic carbocycles. The van der Waals surface area contributed by atoms with Crippen LogP contribution in [0.1, 0.15) is 12.5 Å². The summed E-state index contributed by atoms with van der Waals surface area (Å²) in [5.74, 6) is -0.275. The number of halogens is 2. The molecule has 1 amide bonds. The van der Waals surface area contributed by atoms with E-state index in [0.29, 0.717) is 22.3 Å². The highest BCUT2D eigenvalue weighted by Gasteiger charge is 2.13. The van der Waals surface area contributed by atoms with E-state index in [-0.39, 0.29) is 17.1 Å². The smallest absolute Gasteiger partial charge is 0.266 e. The normalized spacial score (nSPS) is 10.9. The molecule has 0 aromatic heterocycles. The number of amides is 1. The molecule has 0 saturated carbocycles. The number of hydrogen-bond donors (Lipinski definition) is 2. The Balaban J connectivity index is 2.32. The number of benzene rings is 2. The molecule has 2 N–H and O–H groups in total. The number of hydrogen-bond acceptors (Lipinski definition) is 4. The molecular weight excluding hydrogens is 452 g/mol. The molecule has 0 aliphatic carbocycles. The Labute approximate surface area is 162 Å². The van der Waals surface area contributed by atoms with Crippen LogP contribution in [-0.2, 0) is 4.79 Å². The molecule has 0 fully saturated rings. The highest BCUT2D eigenvalue weighted by Crippen LogP contribution is 2.33. The molecule has 2 aromatic rings. The first-order valence-corrected chi connectivity index (χ1v) is 8.87. The van der Waals surface area contributed by atoms with Crippen molar-refractivity contribution in [3.8, 4) is 17.6 Å². The third kappa shape index (κ3) is 5.08. The summed E-state index contributed by atoms with van der Waals surface area (Å²) in [6.45, 7) is 2.18. The minimum Gasteiger partial charge on any atom is -0.504 e. The van der Waals surface area contributed by atoms with E-state index in [9.17, 15) is 15.2 Å². The largest absolute Gasteiger partial charge is 0.504 e. The second-order valence-electron chi connectivity index (χ2n) is 4.91. The van der Waals surface area contributed by atoms with Crippen LogP contribution in [0.4, 0.5) is 5.69 Å². The van der Waals surface area contributed by atoms with E-state index in [4.69, 9.17) is 4.74 Å². The van der Waals surface area contributed by atoms with Crippen molar-refractivity contribution in [3.05, 3.63) is 56.5 Å². The number of anilines is 1. The molecule has 0 aliphatic heterocycles. The van der Waals surface area contributed by atoms with Crippen molar-refractivity contribution in [1.82, 2.24) is 0 Å². The zero-order chi connectivity index (χ0) is 18.4. The molecule has 0 bridgehead atoms. The molecule has 25 heavy (non-hydrogen) atoms. The summed E-state index contributed by atoms with van der Waals surface area (Å²) < 4.78 is 6.68. The van der Waals surface area contributed by atoms with Crippen LogP contribution < -0.4 is 10.1 Å². The van der Waals surface area contributed by atoms with E-state index in [2.05, 4.69) is 37.2 Å². The number of aromatic hydroxyl groups is 1. The molecule has 0 saturated heterocycles. The molecule has 0 atom stereocenters. The first-order valence-electron chi connectivity index (χ1n) is 7.28. The van der Waals surface area contributed by atoms with Crippen molar-refractivity contribution >= 4 is 49.5 Å². The Kier molecular flexibility index (Phi) is 6.62. The third-order valence-corrected chi connectivity index (χ3v) is 4.31. The molecule has 5 nitrogen and oxygen atoms in total. The first kappa shape index (κ1) is 19.0. The predicted octanol–water partition coefficient (Wildman–Crippen LogP) is 4.86. The molecule has 7 heteroatoms. The fraction of sp³-hybridized carbons (Fsp3) is 0.111. The zero-order valence-corrected chi connectivity index (χ0v) is 16.4. The second-order valence-corrected chi connectivity index (χ2v) is 6.68. The summed E-state index contributed by atoms with van der Waals surface area (Å²) in [5, 5.41) is 21.8. The Morgan fingerprint density at radius 3 is 2.76 bits per heavy atom. The lowest BCUT2D eigenvalue weighted by molar-refractivity contribution is -0.112. The number of carbonyl (C=O) groups is 1. The molecular formula is C18H14Br2N2O3. The fourth-order valence-electron chi connectivity index (χ4n) is 2.01. The quantitative estimate of drug-likeness (QED) is 0.487. The lowest BCUT2D eigenvalue weighted by atomic mass is 10.1. The van der Waals surface area contributed by atoms with Gasteiger partial charge in [0.25, 0.3) is 5.91 Å². The predicted molar refractivity (Wildman–Crippen MR) is 103 cm³/mol. The van der Waals surface area contributed by atoms with E-state index >= 15 is 0 Å². The molecule has 128 valence electrons. The van der Waals surface area contributed by atoms with Gasteiger partial charge in [-0.2, -0.15) is 5.26 Å². The minimum atomic E-state index is -0.529. The van der Waals surface area contributed by atoms with Crippen LogP contribution >= 0.6 is 31.9 Å². The van der Waals surface area contributed by atoms with E-state index in [1.807, 2.05) is 12.1 Å². The van der Waals surface area contributed by atoms with Gasteiger partial charge in [0, 0.05) is 14.6 Å². The van der Waals surface area contributed by atoms with Crippen LogP contribution in [0.15, 0.2) is 50.9 Å². The minimum absolute atomic E-state index is 0.0250. The third-order valence-electron chi connectivity index (χ3n) is 3.13. The van der Waals surface area contributed by atoms with Crippen LogP contribution in [-0.4, -0.2) is 17.6 Å². The van der Waals surface area contributed by atoms with Crippen LogP contribution in [0.2, 0.25) is 0 Å². The maximum absolute atomic E-state index is 12.3. The molecule has 2 rings (SSSR count). The van der Waals surface area contributed by atoms with Crippen molar-refractivity contribution in [2.75, 3.05) is 11.9 Å². The topological polar surface area (TPSA) is 82.3 Å². The molecule has 0 spiro atoms. The van der Waals surface area contributed by atoms with Crippen LogP contribution in [0.5, 0.6) is 11.5 Å². The fourth-order valence-corrected chi connectivity index (χ4v) is 2.85. The van der Waals surface area contributed by atoms with Crippen LogP contribution in [0.3, 0.4) is 0 Å². The Hall–Kier alpha value is -2.30. The van der Waals surface area contributed by atoms with Gasteiger partial charge in [0.2, 0.25) is 0 Å². The lowest BCUT2D eigenvalue weighted by Gasteiger charge is -2.09. The zero-order valence-electron chi connectivity index (χ0n) is 13.2. The van der Waals surface area contributed by atoms with E-state index in [1.165, 1.54) is 12.1 Å². The molecule has 0 aliphatic rings. The number of nitrogens with zero attached hydrogens (tertiary/aromatic N) is 1. The Morgan fingerprint density at radius 1 is 1.36 bits per heavy atom. The summed E-state index contributed by atoms with van der Waals surface area (Å²) >= 11 is 6.63. The van der Waals surface area contributed by atoms with E-state index < -0.39 is 5.91 Å². The van der Waals surface area contributed by atoms with Gasteiger partial charge in [-0.15, -0.1) is 0 Å². The van der Waals surface area contributed by atoms with E-state index in [1.54, 1.807) is 31.2 Å². The van der Waals surface area contributed by atoms with Gasteiger partial charge in [-0.05, 0) is 48.9 Å². The highest BCUT2D eigenvalue weighted by atomic mass is 79.9. The van der Waals surface area contributed by atoms with Crippen molar-refractivity contribution in [1.29, 1.82) is 5.26 Å². The highest BCUT2D eigenvalue weighted by molar-refractivity contribution is 9.10. The number of ether oxygens (including phenoxy) is 1. The van der Waals surface area contributed by atoms with Crippen LogP contribution in [0.25, 0.3) is 6.08 Å². The monoisotopic (exact) mass is 464 g/mol. The molecule has 0 heterocycles. The Bertz CT molecular complexity index is 873. The van der Waals surface area contributed by atoms with Gasteiger partial charge in [-0.1, -0.05) is 37.9 Å². The standard InChI is InChI=1S/C18H14Br2N2O3/c1-2-25-17-7-11(15(20)9-16(17)23)6-12(10-21)18(24)22-14-5-3-4-13(19)8-14/h3-9,23H,2H2,1H3,(H,22,24)/b12-6-. The van der Waals surface area contributed by atoms with E-state index in [0.717, 1.165) is 4.47 Å². The molecule has 0 unspecified atom stereocenters. The first-order chi connectivity index (χ1) is 11.9. The number of nitrogens with one attached hydrogen (secondary N) is 1. The van der Waals surface area contributed by atoms with Gasteiger partial charge in [-0.25, -0.2) is 0 Å². The summed E-state index contributed by atoms with van der Waals surface area (Å²) in [7, 11) is 0. The van der Waals surface area contributed by atoms with Gasteiger partial charge in [0.15, 0.2) is 11.5 Å². The SMILES string of the molecule is CCOc1cc(/C=C(/C#N)C(=O)Nc2cccc(Br)c2)c(Br)cc1O. The Morgan fingerprint density at radius 2 is 2.12 bits per heavy atom. The van der Waals surface area contributed by atoms with Crippen molar-refractivity contribution < 1.29 is 14.6 Å².